The fraction of sp³-hybridized carbons (Fsp3) is 0.176. The number of phenols is 1. The van der Waals surface area contributed by atoms with Crippen LogP contribution in [0.3, 0.4) is 0 Å². The van der Waals surface area contributed by atoms with E-state index in [0.717, 1.165) is 12.1 Å². The van der Waals surface area contributed by atoms with E-state index in [0.29, 0.717) is 23.6 Å². The maximum atomic E-state index is 13.2. The van der Waals surface area contributed by atoms with Crippen LogP contribution >= 0.6 is 11.6 Å². The Morgan fingerprint density at radius 2 is 1.74 bits per heavy atom. The van der Waals surface area contributed by atoms with Crippen molar-refractivity contribution in [3.63, 3.8) is 0 Å². The molecule has 0 aliphatic carbocycles. The van der Waals surface area contributed by atoms with Crippen LogP contribution < -0.4 is 5.32 Å². The maximum Gasteiger partial charge on any atom is 0.251 e. The molecule has 1 amide bonds. The third kappa shape index (κ3) is 4.79. The molecule has 0 aromatic heterocycles. The molecule has 23 heavy (non-hydrogen) atoms. The number of benzene rings is 2. The van der Waals surface area contributed by atoms with Gasteiger partial charge < -0.3 is 10.4 Å². The van der Waals surface area contributed by atoms with Gasteiger partial charge in [-0.1, -0.05) is 11.6 Å². The van der Waals surface area contributed by atoms with Gasteiger partial charge >= 0.3 is 0 Å². The Balaban J connectivity index is 1.78. The summed E-state index contributed by atoms with van der Waals surface area (Å²) < 4.78 is 13.2. The van der Waals surface area contributed by atoms with Crippen LogP contribution in [0.2, 0.25) is 5.02 Å². The van der Waals surface area contributed by atoms with Crippen molar-refractivity contribution in [3.05, 3.63) is 64.4 Å². The normalized spacial score (nSPS) is 10.3. The van der Waals surface area contributed by atoms with Crippen molar-refractivity contribution in [1.82, 2.24) is 5.32 Å². The zero-order valence-electron chi connectivity index (χ0n) is 12.2. The van der Waals surface area contributed by atoms with Gasteiger partial charge in [-0.25, -0.2) is 4.39 Å². The highest BCUT2D eigenvalue weighted by atomic mass is 35.5. The second-order valence-electron chi connectivity index (χ2n) is 4.96. The van der Waals surface area contributed by atoms with Crippen molar-refractivity contribution in [2.45, 2.75) is 12.8 Å². The third-order valence-electron chi connectivity index (χ3n) is 3.24. The summed E-state index contributed by atoms with van der Waals surface area (Å²) in [4.78, 5) is 23.7. The zero-order chi connectivity index (χ0) is 16.8. The number of aromatic hydroxyl groups is 1. The van der Waals surface area contributed by atoms with Gasteiger partial charge in [0.15, 0.2) is 17.3 Å². The number of hydrogen-bond acceptors (Lipinski definition) is 3. The van der Waals surface area contributed by atoms with E-state index in [-0.39, 0.29) is 23.7 Å². The van der Waals surface area contributed by atoms with Gasteiger partial charge in [0.25, 0.3) is 5.91 Å². The lowest BCUT2D eigenvalue weighted by Gasteiger charge is -2.06. The molecule has 2 N–H and O–H groups in total. The SMILES string of the molecule is O=C(CCCNC(=O)c1ccc(Cl)cc1)c1ccc(O)c(F)c1. The number of carbonyl (C=O) groups excluding carboxylic acids is 2. The van der Waals surface area contributed by atoms with Gasteiger partial charge in [0, 0.05) is 29.1 Å². The molecule has 0 bridgehead atoms. The summed E-state index contributed by atoms with van der Waals surface area (Å²) in [6.07, 6.45) is 0.603. The molecule has 0 unspecified atom stereocenters. The van der Waals surface area contributed by atoms with Gasteiger partial charge in [0.1, 0.15) is 0 Å². The number of amides is 1. The van der Waals surface area contributed by atoms with Crippen molar-refractivity contribution in [3.8, 4) is 5.75 Å². The summed E-state index contributed by atoms with van der Waals surface area (Å²) in [7, 11) is 0. The van der Waals surface area contributed by atoms with Gasteiger partial charge in [0.2, 0.25) is 0 Å². The van der Waals surface area contributed by atoms with E-state index >= 15 is 0 Å². The predicted molar refractivity (Wildman–Crippen MR) is 85.4 cm³/mol. The number of rotatable bonds is 6. The van der Waals surface area contributed by atoms with Crippen LogP contribution in [0.5, 0.6) is 5.75 Å². The van der Waals surface area contributed by atoms with E-state index in [1.54, 1.807) is 24.3 Å². The summed E-state index contributed by atoms with van der Waals surface area (Å²) in [5.41, 5.74) is 0.686. The lowest BCUT2D eigenvalue weighted by molar-refractivity contribution is 0.0937. The highest BCUT2D eigenvalue weighted by Crippen LogP contribution is 2.17. The Kier molecular flexibility index (Phi) is 5.71. The predicted octanol–water partition coefficient (Wildman–Crippen LogP) is 3.58. The number of Topliss-reactive ketones (excluding diaryl/α,β-unsaturated/α-hetero) is 1. The van der Waals surface area contributed by atoms with Crippen molar-refractivity contribution >= 4 is 23.3 Å². The molecule has 0 radical (unpaired) electrons. The highest BCUT2D eigenvalue weighted by molar-refractivity contribution is 6.30. The van der Waals surface area contributed by atoms with Gasteiger partial charge in [0.05, 0.1) is 0 Å². The Labute approximate surface area is 137 Å². The molecule has 2 aromatic rings. The largest absolute Gasteiger partial charge is 0.505 e. The first-order valence-corrected chi connectivity index (χ1v) is 7.40. The van der Waals surface area contributed by atoms with Gasteiger partial charge in [-0.15, -0.1) is 0 Å². The smallest absolute Gasteiger partial charge is 0.251 e. The summed E-state index contributed by atoms with van der Waals surface area (Å²) >= 11 is 5.75. The van der Waals surface area contributed by atoms with E-state index in [4.69, 9.17) is 16.7 Å². The molecule has 6 heteroatoms. The first-order valence-electron chi connectivity index (χ1n) is 7.03. The van der Waals surface area contributed by atoms with E-state index in [1.165, 1.54) is 6.07 Å². The second-order valence-corrected chi connectivity index (χ2v) is 5.39. The molecule has 0 aliphatic heterocycles. The highest BCUT2D eigenvalue weighted by Gasteiger charge is 2.10. The van der Waals surface area contributed by atoms with Crippen LogP contribution in [0.25, 0.3) is 0 Å². The number of halogens is 2. The molecule has 0 saturated carbocycles. The number of phenolic OH excluding ortho intramolecular Hbond substituents is 1. The molecule has 0 heterocycles. The lowest BCUT2D eigenvalue weighted by Crippen LogP contribution is -2.24. The standard InChI is InChI=1S/C17H15ClFNO3/c18-13-6-3-11(4-7-13)17(23)20-9-1-2-15(21)12-5-8-16(22)14(19)10-12/h3-8,10,22H,1-2,9H2,(H,20,23). The van der Waals surface area contributed by atoms with Crippen molar-refractivity contribution < 1.29 is 19.1 Å². The quantitative estimate of drug-likeness (QED) is 0.626. The molecule has 0 saturated heterocycles. The first-order chi connectivity index (χ1) is 11.0. The second kappa shape index (κ2) is 7.74. The topological polar surface area (TPSA) is 66.4 Å². The molecule has 120 valence electrons. The fourth-order valence-electron chi connectivity index (χ4n) is 1.98. The van der Waals surface area contributed by atoms with Gasteiger partial charge in [-0.3, -0.25) is 9.59 Å². The van der Waals surface area contributed by atoms with Crippen LogP contribution in [0, 0.1) is 5.82 Å². The molecular weight excluding hydrogens is 321 g/mol. The third-order valence-corrected chi connectivity index (χ3v) is 3.49. The van der Waals surface area contributed by atoms with Crippen LogP contribution in [0.1, 0.15) is 33.6 Å². The summed E-state index contributed by atoms with van der Waals surface area (Å²) in [6, 6.07) is 9.99. The van der Waals surface area contributed by atoms with Crippen molar-refractivity contribution in [2.24, 2.45) is 0 Å². The van der Waals surface area contributed by atoms with E-state index in [2.05, 4.69) is 5.32 Å². The van der Waals surface area contributed by atoms with Crippen LogP contribution in [-0.2, 0) is 0 Å². The van der Waals surface area contributed by atoms with Crippen molar-refractivity contribution in [2.75, 3.05) is 6.54 Å². The van der Waals surface area contributed by atoms with E-state index < -0.39 is 11.6 Å². The number of carbonyl (C=O) groups is 2. The molecule has 0 aliphatic rings. The molecule has 2 rings (SSSR count). The minimum absolute atomic E-state index is 0.172. The van der Waals surface area contributed by atoms with Crippen molar-refractivity contribution in [1.29, 1.82) is 0 Å². The number of nitrogens with one attached hydrogen (secondary N) is 1. The monoisotopic (exact) mass is 335 g/mol. The number of ketones is 1. The minimum atomic E-state index is -0.827. The molecular formula is C17H15ClFNO3. The fourth-order valence-corrected chi connectivity index (χ4v) is 2.10. The average molecular weight is 336 g/mol. The lowest BCUT2D eigenvalue weighted by atomic mass is 10.1. The summed E-state index contributed by atoms with van der Waals surface area (Å²) in [5.74, 6) is -1.81. The Bertz CT molecular complexity index is 716. The minimum Gasteiger partial charge on any atom is -0.505 e. The Morgan fingerprint density at radius 3 is 2.39 bits per heavy atom. The molecule has 4 nitrogen and oxygen atoms in total. The Hall–Kier alpha value is -2.40. The van der Waals surface area contributed by atoms with Crippen LogP contribution in [0.15, 0.2) is 42.5 Å². The van der Waals surface area contributed by atoms with Gasteiger partial charge in [-0.2, -0.15) is 0 Å². The molecule has 2 aromatic carbocycles. The molecule has 0 spiro atoms. The zero-order valence-corrected chi connectivity index (χ0v) is 12.9. The van der Waals surface area contributed by atoms with E-state index in [1.807, 2.05) is 0 Å². The van der Waals surface area contributed by atoms with E-state index in [9.17, 15) is 14.0 Å². The Morgan fingerprint density at radius 1 is 1.09 bits per heavy atom. The summed E-state index contributed by atoms with van der Waals surface area (Å²) in [5, 5.41) is 12.3. The van der Waals surface area contributed by atoms with Crippen LogP contribution in [0.4, 0.5) is 4.39 Å². The maximum absolute atomic E-state index is 13.2. The average Bonchev–Trinajstić information content (AvgIpc) is 2.54. The van der Waals surface area contributed by atoms with Crippen LogP contribution in [-0.4, -0.2) is 23.3 Å². The van der Waals surface area contributed by atoms with Gasteiger partial charge in [-0.05, 0) is 48.9 Å². The number of hydrogen-bond donors (Lipinski definition) is 2. The first kappa shape index (κ1) is 17.0. The summed E-state index contributed by atoms with van der Waals surface area (Å²) in [6.45, 7) is 0.327. The molecule has 0 atom stereocenters. The molecule has 0 fully saturated rings.